The number of nitrogens with one attached hydrogen (secondary N) is 1. The summed E-state index contributed by atoms with van der Waals surface area (Å²) in [5.74, 6) is 0. The van der Waals surface area contributed by atoms with Crippen molar-refractivity contribution in [1.82, 2.24) is 15.1 Å². The summed E-state index contributed by atoms with van der Waals surface area (Å²) >= 11 is 0. The fraction of sp³-hybridized carbons (Fsp3) is 0.800. The van der Waals surface area contributed by atoms with Crippen molar-refractivity contribution in [1.29, 1.82) is 0 Å². The molecule has 0 spiro atoms. The van der Waals surface area contributed by atoms with Crippen LogP contribution in [-0.2, 0) is 6.54 Å². The SMILES string of the molecule is CCCCCCCCC(NC)c1cnn(CC)c1. The van der Waals surface area contributed by atoms with E-state index >= 15 is 0 Å². The molecule has 0 saturated carbocycles. The van der Waals surface area contributed by atoms with Crippen molar-refractivity contribution in [3.63, 3.8) is 0 Å². The van der Waals surface area contributed by atoms with Crippen LogP contribution in [0.2, 0.25) is 0 Å². The lowest BCUT2D eigenvalue weighted by atomic mass is 10.0. The third kappa shape index (κ3) is 5.21. The van der Waals surface area contributed by atoms with Crippen molar-refractivity contribution in [2.45, 2.75) is 71.4 Å². The van der Waals surface area contributed by atoms with E-state index in [1.165, 1.54) is 50.5 Å². The Morgan fingerprint density at radius 1 is 1.17 bits per heavy atom. The van der Waals surface area contributed by atoms with Crippen LogP contribution in [0.25, 0.3) is 0 Å². The minimum Gasteiger partial charge on any atom is -0.313 e. The van der Waals surface area contributed by atoms with E-state index in [-0.39, 0.29) is 0 Å². The first kappa shape index (κ1) is 15.2. The van der Waals surface area contributed by atoms with Gasteiger partial charge < -0.3 is 5.32 Å². The van der Waals surface area contributed by atoms with Crippen LogP contribution in [0.5, 0.6) is 0 Å². The minimum absolute atomic E-state index is 0.469. The van der Waals surface area contributed by atoms with E-state index in [0.717, 1.165) is 6.54 Å². The molecule has 1 aromatic rings. The molecule has 0 radical (unpaired) electrons. The maximum Gasteiger partial charge on any atom is 0.0537 e. The molecule has 0 aromatic carbocycles. The Morgan fingerprint density at radius 3 is 2.50 bits per heavy atom. The molecule has 0 aliphatic carbocycles. The van der Waals surface area contributed by atoms with Crippen LogP contribution in [0.1, 0.15) is 70.4 Å². The second kappa shape index (κ2) is 9.15. The van der Waals surface area contributed by atoms with Crippen molar-refractivity contribution in [2.75, 3.05) is 7.05 Å². The highest BCUT2D eigenvalue weighted by atomic mass is 15.3. The van der Waals surface area contributed by atoms with Gasteiger partial charge in [0.2, 0.25) is 0 Å². The standard InChI is InChI=1S/C15H29N3/c1-4-6-7-8-9-10-11-15(16-3)14-12-17-18(5-2)13-14/h12-13,15-16H,4-11H2,1-3H3. The largest absolute Gasteiger partial charge is 0.313 e. The van der Waals surface area contributed by atoms with Crippen molar-refractivity contribution in [3.8, 4) is 0 Å². The molecule has 0 aliphatic heterocycles. The molecule has 1 aromatic heterocycles. The van der Waals surface area contributed by atoms with Crippen LogP contribution in [0.15, 0.2) is 12.4 Å². The summed E-state index contributed by atoms with van der Waals surface area (Å²) in [4.78, 5) is 0. The maximum absolute atomic E-state index is 4.35. The molecule has 1 heterocycles. The summed E-state index contributed by atoms with van der Waals surface area (Å²) in [5.41, 5.74) is 1.33. The Balaban J connectivity index is 2.25. The van der Waals surface area contributed by atoms with Gasteiger partial charge in [0, 0.05) is 24.3 Å². The molecule has 0 bridgehead atoms. The molecule has 3 nitrogen and oxygen atoms in total. The van der Waals surface area contributed by atoms with Crippen LogP contribution in [-0.4, -0.2) is 16.8 Å². The van der Waals surface area contributed by atoms with Gasteiger partial charge in [-0.3, -0.25) is 4.68 Å². The Morgan fingerprint density at radius 2 is 1.89 bits per heavy atom. The quantitative estimate of drug-likeness (QED) is 0.639. The first-order chi connectivity index (χ1) is 8.81. The molecule has 1 unspecified atom stereocenters. The lowest BCUT2D eigenvalue weighted by Crippen LogP contribution is -2.15. The molecule has 1 N–H and O–H groups in total. The first-order valence-electron chi connectivity index (χ1n) is 7.51. The third-order valence-electron chi connectivity index (χ3n) is 3.57. The summed E-state index contributed by atoms with van der Waals surface area (Å²) in [6, 6.07) is 0.469. The van der Waals surface area contributed by atoms with Gasteiger partial charge in [-0.05, 0) is 20.4 Å². The van der Waals surface area contributed by atoms with E-state index < -0.39 is 0 Å². The van der Waals surface area contributed by atoms with Crippen molar-refractivity contribution in [2.24, 2.45) is 0 Å². The number of hydrogen-bond donors (Lipinski definition) is 1. The highest BCUT2D eigenvalue weighted by Crippen LogP contribution is 2.19. The highest BCUT2D eigenvalue weighted by Gasteiger charge is 2.10. The Labute approximate surface area is 112 Å². The smallest absolute Gasteiger partial charge is 0.0537 e. The molecule has 0 saturated heterocycles. The zero-order chi connectivity index (χ0) is 13.2. The zero-order valence-electron chi connectivity index (χ0n) is 12.3. The monoisotopic (exact) mass is 251 g/mol. The fourth-order valence-electron chi connectivity index (χ4n) is 2.34. The Kier molecular flexibility index (Phi) is 7.74. The van der Waals surface area contributed by atoms with Crippen molar-refractivity contribution >= 4 is 0 Å². The van der Waals surface area contributed by atoms with Gasteiger partial charge in [-0.2, -0.15) is 5.10 Å². The molecule has 104 valence electrons. The third-order valence-corrected chi connectivity index (χ3v) is 3.57. The lowest BCUT2D eigenvalue weighted by Gasteiger charge is -2.14. The number of aryl methyl sites for hydroxylation is 1. The molecule has 1 atom stereocenters. The Bertz CT molecular complexity index is 306. The molecule has 0 amide bonds. The number of aromatic nitrogens is 2. The molecule has 0 aliphatic rings. The van der Waals surface area contributed by atoms with E-state index in [2.05, 4.69) is 30.5 Å². The van der Waals surface area contributed by atoms with E-state index in [0.29, 0.717) is 6.04 Å². The van der Waals surface area contributed by atoms with Gasteiger partial charge in [-0.15, -0.1) is 0 Å². The summed E-state index contributed by atoms with van der Waals surface area (Å²) < 4.78 is 2.00. The summed E-state index contributed by atoms with van der Waals surface area (Å²) in [7, 11) is 2.05. The fourth-order valence-corrected chi connectivity index (χ4v) is 2.34. The number of unbranched alkanes of at least 4 members (excludes halogenated alkanes) is 5. The zero-order valence-corrected chi connectivity index (χ0v) is 12.3. The molecule has 18 heavy (non-hydrogen) atoms. The van der Waals surface area contributed by atoms with Gasteiger partial charge in [-0.1, -0.05) is 45.4 Å². The van der Waals surface area contributed by atoms with Gasteiger partial charge >= 0.3 is 0 Å². The normalized spacial score (nSPS) is 12.8. The second-order valence-corrected chi connectivity index (χ2v) is 5.03. The average molecular weight is 251 g/mol. The molecule has 3 heteroatoms. The predicted octanol–water partition coefficient (Wildman–Crippen LogP) is 3.91. The van der Waals surface area contributed by atoms with Gasteiger partial charge in [0.05, 0.1) is 6.20 Å². The van der Waals surface area contributed by atoms with Crippen LogP contribution in [0.4, 0.5) is 0 Å². The van der Waals surface area contributed by atoms with Crippen LogP contribution >= 0.6 is 0 Å². The van der Waals surface area contributed by atoms with Gasteiger partial charge in [0.1, 0.15) is 0 Å². The molecular weight excluding hydrogens is 222 g/mol. The summed E-state index contributed by atoms with van der Waals surface area (Å²) in [6.07, 6.45) is 13.6. The highest BCUT2D eigenvalue weighted by molar-refractivity contribution is 5.10. The van der Waals surface area contributed by atoms with Gasteiger partial charge in [0.15, 0.2) is 0 Å². The maximum atomic E-state index is 4.35. The van der Waals surface area contributed by atoms with E-state index in [1.54, 1.807) is 0 Å². The topological polar surface area (TPSA) is 29.9 Å². The number of rotatable bonds is 10. The predicted molar refractivity (Wildman–Crippen MR) is 77.7 cm³/mol. The first-order valence-corrected chi connectivity index (χ1v) is 7.51. The van der Waals surface area contributed by atoms with E-state index in [9.17, 15) is 0 Å². The van der Waals surface area contributed by atoms with Crippen LogP contribution in [0, 0.1) is 0 Å². The minimum atomic E-state index is 0.469. The van der Waals surface area contributed by atoms with E-state index in [1.807, 2.05) is 17.9 Å². The van der Waals surface area contributed by atoms with Gasteiger partial charge in [0.25, 0.3) is 0 Å². The van der Waals surface area contributed by atoms with Gasteiger partial charge in [-0.25, -0.2) is 0 Å². The van der Waals surface area contributed by atoms with Crippen LogP contribution in [0.3, 0.4) is 0 Å². The molecule has 0 fully saturated rings. The summed E-state index contributed by atoms with van der Waals surface area (Å²) in [6.45, 7) is 5.34. The van der Waals surface area contributed by atoms with Crippen molar-refractivity contribution in [3.05, 3.63) is 18.0 Å². The number of nitrogens with zero attached hydrogens (tertiary/aromatic N) is 2. The number of hydrogen-bond acceptors (Lipinski definition) is 2. The molecular formula is C15H29N3. The average Bonchev–Trinajstić information content (AvgIpc) is 2.87. The van der Waals surface area contributed by atoms with E-state index in [4.69, 9.17) is 0 Å². The molecule has 1 rings (SSSR count). The second-order valence-electron chi connectivity index (χ2n) is 5.03. The van der Waals surface area contributed by atoms with Crippen molar-refractivity contribution < 1.29 is 0 Å². The van der Waals surface area contributed by atoms with Crippen LogP contribution < -0.4 is 5.32 Å². The lowest BCUT2D eigenvalue weighted by molar-refractivity contribution is 0.497. The summed E-state index contributed by atoms with van der Waals surface area (Å²) in [5, 5.41) is 7.75. The Hall–Kier alpha value is -0.830.